The van der Waals surface area contributed by atoms with Crippen LogP contribution in [-0.2, 0) is 22.8 Å². The molecule has 2 unspecified atom stereocenters. The zero-order chi connectivity index (χ0) is 13.2. The third kappa shape index (κ3) is 3.11. The smallest absolute Gasteiger partial charge is 0.150 e. The fraction of sp³-hybridized carbons (Fsp3) is 0.750. The van der Waals surface area contributed by atoms with Gasteiger partial charge in [0.05, 0.1) is 11.5 Å². The lowest BCUT2D eigenvalue weighted by molar-refractivity contribution is 0.445. The van der Waals surface area contributed by atoms with Crippen molar-refractivity contribution in [3.05, 3.63) is 18.2 Å². The van der Waals surface area contributed by atoms with Crippen LogP contribution in [0.1, 0.15) is 25.6 Å². The van der Waals surface area contributed by atoms with E-state index < -0.39 is 9.84 Å². The lowest BCUT2D eigenvalue weighted by Gasteiger charge is -2.18. The van der Waals surface area contributed by atoms with Crippen LogP contribution in [0.4, 0.5) is 0 Å². The van der Waals surface area contributed by atoms with Gasteiger partial charge in [0.1, 0.15) is 5.82 Å². The molecule has 1 saturated heterocycles. The average molecular weight is 271 g/mol. The number of aryl methyl sites for hydroxylation is 1. The summed E-state index contributed by atoms with van der Waals surface area (Å²) in [6, 6.07) is -0.111. The van der Waals surface area contributed by atoms with Gasteiger partial charge in [0, 0.05) is 31.4 Å². The molecule has 0 radical (unpaired) electrons. The van der Waals surface area contributed by atoms with E-state index >= 15 is 0 Å². The molecule has 2 N–H and O–H groups in total. The molecule has 2 atom stereocenters. The summed E-state index contributed by atoms with van der Waals surface area (Å²) in [5.41, 5.74) is 6.14. The number of hydrogen-bond donors (Lipinski definition) is 1. The summed E-state index contributed by atoms with van der Waals surface area (Å²) >= 11 is 0. The first-order valence-electron chi connectivity index (χ1n) is 6.48. The third-order valence-corrected chi connectivity index (χ3v) is 5.35. The monoisotopic (exact) mass is 271 g/mol. The first-order valence-corrected chi connectivity index (χ1v) is 8.30. The molecular weight excluding hydrogens is 250 g/mol. The molecule has 5 nitrogen and oxygen atoms in total. The summed E-state index contributed by atoms with van der Waals surface area (Å²) in [5, 5.41) is 0. The number of imidazole rings is 1. The molecule has 102 valence electrons. The molecule has 1 fully saturated rings. The number of rotatable bonds is 5. The van der Waals surface area contributed by atoms with Crippen molar-refractivity contribution in [2.75, 3.05) is 11.5 Å². The minimum absolute atomic E-state index is 0.0850. The topological polar surface area (TPSA) is 78.0 Å². The van der Waals surface area contributed by atoms with Crippen molar-refractivity contribution in [1.82, 2.24) is 9.55 Å². The summed E-state index contributed by atoms with van der Waals surface area (Å²) in [7, 11) is -2.85. The van der Waals surface area contributed by atoms with Gasteiger partial charge in [0.15, 0.2) is 9.84 Å². The summed E-state index contributed by atoms with van der Waals surface area (Å²) in [5.74, 6) is 1.58. The highest BCUT2D eigenvalue weighted by atomic mass is 32.2. The maximum absolute atomic E-state index is 11.4. The Morgan fingerprint density at radius 3 is 3.00 bits per heavy atom. The number of aromatic nitrogens is 2. The maximum atomic E-state index is 11.4. The summed E-state index contributed by atoms with van der Waals surface area (Å²) in [4.78, 5) is 4.32. The summed E-state index contributed by atoms with van der Waals surface area (Å²) in [6.07, 6.45) is 6.14. The van der Waals surface area contributed by atoms with Gasteiger partial charge in [-0.1, -0.05) is 6.92 Å². The minimum Gasteiger partial charge on any atom is -0.335 e. The molecular formula is C12H21N3O2S. The van der Waals surface area contributed by atoms with Crippen molar-refractivity contribution in [3.8, 4) is 0 Å². The van der Waals surface area contributed by atoms with Crippen LogP contribution < -0.4 is 5.73 Å². The SMILES string of the molecule is CCCn1ccnc1CC(N)C1CCS(=O)(=O)C1. The van der Waals surface area contributed by atoms with Gasteiger partial charge in [-0.05, 0) is 18.8 Å². The van der Waals surface area contributed by atoms with Gasteiger partial charge in [0.25, 0.3) is 0 Å². The van der Waals surface area contributed by atoms with Crippen molar-refractivity contribution < 1.29 is 8.42 Å². The van der Waals surface area contributed by atoms with E-state index in [2.05, 4.69) is 16.5 Å². The zero-order valence-corrected chi connectivity index (χ0v) is 11.6. The normalized spacial score (nSPS) is 24.2. The highest BCUT2D eigenvalue weighted by molar-refractivity contribution is 7.91. The molecule has 1 aromatic heterocycles. The van der Waals surface area contributed by atoms with Gasteiger partial charge in [-0.25, -0.2) is 13.4 Å². The van der Waals surface area contributed by atoms with E-state index in [-0.39, 0.29) is 23.5 Å². The second kappa shape index (κ2) is 5.40. The molecule has 0 amide bonds. The molecule has 2 rings (SSSR count). The molecule has 0 spiro atoms. The van der Waals surface area contributed by atoms with Gasteiger partial charge >= 0.3 is 0 Å². The van der Waals surface area contributed by atoms with Crippen molar-refractivity contribution in [2.24, 2.45) is 11.7 Å². The molecule has 1 aliphatic heterocycles. The molecule has 0 aromatic carbocycles. The molecule has 1 aliphatic rings. The highest BCUT2D eigenvalue weighted by Gasteiger charge is 2.32. The van der Waals surface area contributed by atoms with E-state index in [4.69, 9.17) is 5.73 Å². The summed E-state index contributed by atoms with van der Waals surface area (Å²) < 4.78 is 25.0. The molecule has 6 heteroatoms. The predicted octanol–water partition coefficient (Wildman–Crippen LogP) is 0.598. The Labute approximate surface area is 108 Å². The standard InChI is InChI=1S/C12H21N3O2S/c1-2-5-15-6-4-14-12(15)8-11(13)10-3-7-18(16,17)9-10/h4,6,10-11H,2-3,5,7-9,13H2,1H3. The Hall–Kier alpha value is -0.880. The first kappa shape index (κ1) is 13.5. The van der Waals surface area contributed by atoms with E-state index in [1.807, 2.05) is 6.20 Å². The molecule has 18 heavy (non-hydrogen) atoms. The van der Waals surface area contributed by atoms with E-state index in [9.17, 15) is 8.42 Å². The van der Waals surface area contributed by atoms with Gasteiger partial charge in [-0.15, -0.1) is 0 Å². The van der Waals surface area contributed by atoms with Crippen molar-refractivity contribution in [3.63, 3.8) is 0 Å². The van der Waals surface area contributed by atoms with Crippen LogP contribution in [0.3, 0.4) is 0 Å². The van der Waals surface area contributed by atoms with E-state index in [1.165, 1.54) is 0 Å². The van der Waals surface area contributed by atoms with Crippen LogP contribution in [0.15, 0.2) is 12.4 Å². The van der Waals surface area contributed by atoms with Gasteiger partial charge in [0.2, 0.25) is 0 Å². The van der Waals surface area contributed by atoms with Crippen LogP contribution in [0, 0.1) is 5.92 Å². The lowest BCUT2D eigenvalue weighted by Crippen LogP contribution is -2.34. The molecule has 1 aromatic rings. The van der Waals surface area contributed by atoms with Gasteiger partial charge in [-0.2, -0.15) is 0 Å². The van der Waals surface area contributed by atoms with E-state index in [0.29, 0.717) is 12.8 Å². The molecule has 0 bridgehead atoms. The number of hydrogen-bond acceptors (Lipinski definition) is 4. The molecule has 2 heterocycles. The lowest BCUT2D eigenvalue weighted by atomic mass is 9.97. The third-order valence-electron chi connectivity index (χ3n) is 3.56. The Balaban J connectivity index is 1.99. The largest absolute Gasteiger partial charge is 0.335 e. The highest BCUT2D eigenvalue weighted by Crippen LogP contribution is 2.22. The Morgan fingerprint density at radius 2 is 2.39 bits per heavy atom. The van der Waals surface area contributed by atoms with Gasteiger partial charge < -0.3 is 10.3 Å². The second-order valence-corrected chi connectivity index (χ2v) is 7.30. The van der Waals surface area contributed by atoms with Crippen LogP contribution in [0.25, 0.3) is 0 Å². The van der Waals surface area contributed by atoms with Crippen molar-refractivity contribution in [2.45, 2.75) is 38.8 Å². The molecule has 0 saturated carbocycles. The van der Waals surface area contributed by atoms with Crippen LogP contribution in [0.5, 0.6) is 0 Å². The number of nitrogens with two attached hydrogens (primary N) is 1. The Kier molecular flexibility index (Phi) is 4.07. The Bertz CT molecular complexity index is 495. The predicted molar refractivity (Wildman–Crippen MR) is 71.0 cm³/mol. The fourth-order valence-electron chi connectivity index (χ4n) is 2.51. The van der Waals surface area contributed by atoms with Crippen molar-refractivity contribution >= 4 is 9.84 Å². The minimum atomic E-state index is -2.85. The maximum Gasteiger partial charge on any atom is 0.150 e. The Morgan fingerprint density at radius 1 is 1.61 bits per heavy atom. The zero-order valence-electron chi connectivity index (χ0n) is 10.7. The van der Waals surface area contributed by atoms with Crippen LogP contribution in [0.2, 0.25) is 0 Å². The van der Waals surface area contributed by atoms with E-state index in [0.717, 1.165) is 18.8 Å². The number of nitrogens with zero attached hydrogens (tertiary/aromatic N) is 2. The van der Waals surface area contributed by atoms with Crippen LogP contribution >= 0.6 is 0 Å². The van der Waals surface area contributed by atoms with Crippen molar-refractivity contribution in [1.29, 1.82) is 0 Å². The first-order chi connectivity index (χ1) is 8.52. The van der Waals surface area contributed by atoms with E-state index in [1.54, 1.807) is 6.20 Å². The van der Waals surface area contributed by atoms with Crippen LogP contribution in [-0.4, -0.2) is 35.5 Å². The molecule has 0 aliphatic carbocycles. The summed E-state index contributed by atoms with van der Waals surface area (Å²) in [6.45, 7) is 3.05. The average Bonchev–Trinajstić information content (AvgIpc) is 2.86. The van der Waals surface area contributed by atoms with Gasteiger partial charge in [-0.3, -0.25) is 0 Å². The number of sulfone groups is 1. The quantitative estimate of drug-likeness (QED) is 0.850. The second-order valence-electron chi connectivity index (χ2n) is 5.07. The fourth-order valence-corrected chi connectivity index (χ4v) is 4.41.